The van der Waals surface area contributed by atoms with Crippen LogP contribution in [0.1, 0.15) is 18.5 Å². The Morgan fingerprint density at radius 1 is 1.71 bits per heavy atom. The highest BCUT2D eigenvalue weighted by atomic mass is 16.5. The van der Waals surface area contributed by atoms with E-state index in [0.29, 0.717) is 5.92 Å². The zero-order valence-corrected chi connectivity index (χ0v) is 8.57. The summed E-state index contributed by atoms with van der Waals surface area (Å²) in [6, 6.07) is 1.91. The summed E-state index contributed by atoms with van der Waals surface area (Å²) in [4.78, 5) is 0. The molecule has 1 atom stereocenters. The van der Waals surface area contributed by atoms with Crippen LogP contribution >= 0.6 is 0 Å². The van der Waals surface area contributed by atoms with Crippen LogP contribution in [0.3, 0.4) is 0 Å². The van der Waals surface area contributed by atoms with Gasteiger partial charge in [-0.25, -0.2) is 4.68 Å². The largest absolute Gasteiger partial charge is 0.384 e. The quantitative estimate of drug-likeness (QED) is 0.771. The van der Waals surface area contributed by atoms with Crippen LogP contribution in [0.2, 0.25) is 0 Å². The van der Waals surface area contributed by atoms with E-state index in [-0.39, 0.29) is 0 Å². The summed E-state index contributed by atoms with van der Waals surface area (Å²) in [5.41, 5.74) is 6.80. The van der Waals surface area contributed by atoms with E-state index in [0.717, 1.165) is 37.7 Å². The Kier molecular flexibility index (Phi) is 2.72. The van der Waals surface area contributed by atoms with Gasteiger partial charge < -0.3 is 10.5 Å². The van der Waals surface area contributed by atoms with Crippen LogP contribution in [0.4, 0.5) is 5.82 Å². The third-order valence-corrected chi connectivity index (χ3v) is 2.62. The Morgan fingerprint density at radius 2 is 2.57 bits per heavy atom. The minimum Gasteiger partial charge on any atom is -0.384 e. The maximum absolute atomic E-state index is 5.82. The molecular formula is C10H17N3O. The molecule has 14 heavy (non-hydrogen) atoms. The first-order valence-electron chi connectivity index (χ1n) is 5.13. The zero-order chi connectivity index (χ0) is 9.97. The molecule has 1 saturated heterocycles. The molecule has 0 aromatic carbocycles. The molecule has 2 heterocycles. The van der Waals surface area contributed by atoms with Gasteiger partial charge in [-0.05, 0) is 19.8 Å². The second kappa shape index (κ2) is 4.00. The Labute approximate surface area is 84.0 Å². The standard InChI is InChI=1S/C10H17N3O/c1-8-5-10(11)13(12-8)6-9-3-2-4-14-7-9/h5,9H,2-4,6-7,11H2,1H3. The van der Waals surface area contributed by atoms with E-state index in [2.05, 4.69) is 5.10 Å². The molecular weight excluding hydrogens is 178 g/mol. The lowest BCUT2D eigenvalue weighted by Gasteiger charge is -2.22. The number of nitrogen functional groups attached to an aromatic ring is 1. The lowest BCUT2D eigenvalue weighted by atomic mass is 10.0. The summed E-state index contributed by atoms with van der Waals surface area (Å²) < 4.78 is 7.30. The molecule has 1 aliphatic heterocycles. The molecule has 1 fully saturated rings. The van der Waals surface area contributed by atoms with E-state index in [1.54, 1.807) is 0 Å². The van der Waals surface area contributed by atoms with E-state index < -0.39 is 0 Å². The molecule has 1 aromatic rings. The second-order valence-corrected chi connectivity index (χ2v) is 3.98. The summed E-state index contributed by atoms with van der Waals surface area (Å²) in [5, 5.41) is 4.34. The van der Waals surface area contributed by atoms with Crippen molar-refractivity contribution in [1.82, 2.24) is 9.78 Å². The number of rotatable bonds is 2. The second-order valence-electron chi connectivity index (χ2n) is 3.98. The lowest BCUT2D eigenvalue weighted by Crippen LogP contribution is -2.23. The van der Waals surface area contributed by atoms with Crippen LogP contribution in [0.5, 0.6) is 0 Å². The van der Waals surface area contributed by atoms with Gasteiger partial charge in [0.25, 0.3) is 0 Å². The van der Waals surface area contributed by atoms with Crippen molar-refractivity contribution in [1.29, 1.82) is 0 Å². The van der Waals surface area contributed by atoms with Gasteiger partial charge >= 0.3 is 0 Å². The predicted octanol–water partition coefficient (Wildman–Crippen LogP) is 1.20. The number of aromatic nitrogens is 2. The van der Waals surface area contributed by atoms with Crippen LogP contribution in [0.15, 0.2) is 6.07 Å². The van der Waals surface area contributed by atoms with E-state index >= 15 is 0 Å². The number of hydrogen-bond acceptors (Lipinski definition) is 3. The number of ether oxygens (including phenoxy) is 1. The van der Waals surface area contributed by atoms with Gasteiger partial charge in [0.1, 0.15) is 5.82 Å². The van der Waals surface area contributed by atoms with Gasteiger partial charge in [0.2, 0.25) is 0 Å². The SMILES string of the molecule is Cc1cc(N)n(CC2CCCOC2)n1. The van der Waals surface area contributed by atoms with E-state index in [4.69, 9.17) is 10.5 Å². The third-order valence-electron chi connectivity index (χ3n) is 2.62. The number of anilines is 1. The molecule has 1 aromatic heterocycles. The summed E-state index contributed by atoms with van der Waals surface area (Å²) in [6.45, 7) is 4.60. The fourth-order valence-electron chi connectivity index (χ4n) is 1.91. The zero-order valence-electron chi connectivity index (χ0n) is 8.57. The topological polar surface area (TPSA) is 53.1 Å². The van der Waals surface area contributed by atoms with Gasteiger partial charge in [0.05, 0.1) is 12.3 Å². The molecule has 0 aliphatic carbocycles. The Morgan fingerprint density at radius 3 is 3.14 bits per heavy atom. The minimum atomic E-state index is 0.574. The van der Waals surface area contributed by atoms with Crippen molar-refractivity contribution >= 4 is 5.82 Å². The van der Waals surface area contributed by atoms with E-state index in [9.17, 15) is 0 Å². The van der Waals surface area contributed by atoms with Gasteiger partial charge in [-0.3, -0.25) is 0 Å². The molecule has 0 amide bonds. The smallest absolute Gasteiger partial charge is 0.121 e. The number of aryl methyl sites for hydroxylation is 1. The molecule has 0 radical (unpaired) electrons. The Hall–Kier alpha value is -1.03. The highest BCUT2D eigenvalue weighted by Gasteiger charge is 2.15. The van der Waals surface area contributed by atoms with Crippen LogP contribution in [-0.4, -0.2) is 23.0 Å². The molecule has 2 N–H and O–H groups in total. The highest BCUT2D eigenvalue weighted by molar-refractivity contribution is 5.30. The van der Waals surface area contributed by atoms with Crippen LogP contribution in [-0.2, 0) is 11.3 Å². The summed E-state index contributed by atoms with van der Waals surface area (Å²) in [6.07, 6.45) is 2.38. The lowest BCUT2D eigenvalue weighted by molar-refractivity contribution is 0.0472. The van der Waals surface area contributed by atoms with Gasteiger partial charge in [-0.2, -0.15) is 5.10 Å². The van der Waals surface area contributed by atoms with Crippen LogP contribution < -0.4 is 5.73 Å². The normalized spacial score (nSPS) is 22.5. The molecule has 78 valence electrons. The van der Waals surface area contributed by atoms with Crippen molar-refractivity contribution in [3.8, 4) is 0 Å². The first kappa shape index (κ1) is 9.52. The van der Waals surface area contributed by atoms with Gasteiger partial charge in [-0.15, -0.1) is 0 Å². The molecule has 4 heteroatoms. The number of hydrogen-bond donors (Lipinski definition) is 1. The molecule has 0 spiro atoms. The maximum Gasteiger partial charge on any atom is 0.121 e. The Bertz CT molecular complexity index is 302. The molecule has 0 saturated carbocycles. The minimum absolute atomic E-state index is 0.574. The van der Waals surface area contributed by atoms with E-state index in [1.165, 1.54) is 6.42 Å². The van der Waals surface area contributed by atoms with Gasteiger partial charge in [0.15, 0.2) is 0 Å². The molecule has 4 nitrogen and oxygen atoms in total. The van der Waals surface area contributed by atoms with E-state index in [1.807, 2.05) is 17.7 Å². The first-order valence-corrected chi connectivity index (χ1v) is 5.13. The predicted molar refractivity (Wildman–Crippen MR) is 54.9 cm³/mol. The van der Waals surface area contributed by atoms with Crippen LogP contribution in [0, 0.1) is 12.8 Å². The van der Waals surface area contributed by atoms with Crippen molar-refractivity contribution in [2.45, 2.75) is 26.3 Å². The maximum atomic E-state index is 5.82. The average molecular weight is 195 g/mol. The third kappa shape index (κ3) is 2.07. The van der Waals surface area contributed by atoms with Crippen LogP contribution in [0.25, 0.3) is 0 Å². The number of nitrogens with two attached hydrogens (primary N) is 1. The average Bonchev–Trinajstić information content (AvgIpc) is 2.47. The van der Waals surface area contributed by atoms with Crippen molar-refractivity contribution in [2.75, 3.05) is 18.9 Å². The Balaban J connectivity index is 1.98. The molecule has 1 unspecified atom stereocenters. The fraction of sp³-hybridized carbons (Fsp3) is 0.700. The first-order chi connectivity index (χ1) is 6.75. The van der Waals surface area contributed by atoms with Crippen molar-refractivity contribution in [3.05, 3.63) is 11.8 Å². The van der Waals surface area contributed by atoms with Crippen molar-refractivity contribution in [2.24, 2.45) is 5.92 Å². The number of nitrogens with zero attached hydrogens (tertiary/aromatic N) is 2. The summed E-state index contributed by atoms with van der Waals surface area (Å²) in [7, 11) is 0. The highest BCUT2D eigenvalue weighted by Crippen LogP contribution is 2.17. The molecule has 0 bridgehead atoms. The molecule has 1 aliphatic rings. The monoisotopic (exact) mass is 195 g/mol. The van der Waals surface area contributed by atoms with Gasteiger partial charge in [0, 0.05) is 25.1 Å². The van der Waals surface area contributed by atoms with Crippen molar-refractivity contribution in [3.63, 3.8) is 0 Å². The van der Waals surface area contributed by atoms with Gasteiger partial charge in [-0.1, -0.05) is 0 Å². The fourth-order valence-corrected chi connectivity index (χ4v) is 1.91. The summed E-state index contributed by atoms with van der Waals surface area (Å²) >= 11 is 0. The van der Waals surface area contributed by atoms with Crippen molar-refractivity contribution < 1.29 is 4.74 Å². The molecule has 2 rings (SSSR count). The summed E-state index contributed by atoms with van der Waals surface area (Å²) in [5.74, 6) is 1.33.